The molecule has 0 spiro atoms. The molecule has 2 unspecified atom stereocenters. The van der Waals surface area contributed by atoms with E-state index in [1.165, 1.54) is 40.4 Å². The number of benzene rings is 2. The van der Waals surface area contributed by atoms with Gasteiger partial charge in [-0.25, -0.2) is 4.98 Å². The van der Waals surface area contributed by atoms with Gasteiger partial charge in [0.05, 0.1) is 25.2 Å². The normalized spacial score (nSPS) is 20.9. The van der Waals surface area contributed by atoms with Crippen molar-refractivity contribution in [3.05, 3.63) is 71.4 Å². The first-order valence-corrected chi connectivity index (χ1v) is 16.1. The molecule has 7 rings (SSSR count). The summed E-state index contributed by atoms with van der Waals surface area (Å²) in [7, 11) is 6.29. The average molecular weight is 596 g/mol. The SMILES string of the molecule is CCc1cccc2cccc(N3CCc4c(nc(OCC5(CN(C)C)CC5)nc4N4CC(CO)C(c5cncn5C)C4)C3)c12. The van der Waals surface area contributed by atoms with Crippen molar-refractivity contribution in [2.24, 2.45) is 18.4 Å². The van der Waals surface area contributed by atoms with Crippen molar-refractivity contribution in [2.75, 3.05) is 63.3 Å². The minimum atomic E-state index is 0.110. The second-order valence-electron chi connectivity index (χ2n) is 13.5. The summed E-state index contributed by atoms with van der Waals surface area (Å²) in [5.74, 6) is 1.26. The van der Waals surface area contributed by atoms with Crippen LogP contribution in [0, 0.1) is 11.3 Å². The Labute approximate surface area is 260 Å². The van der Waals surface area contributed by atoms with Gasteiger partial charge in [-0.15, -0.1) is 0 Å². The largest absolute Gasteiger partial charge is 0.463 e. The van der Waals surface area contributed by atoms with Crippen molar-refractivity contribution >= 4 is 22.3 Å². The Hall–Kier alpha value is -3.69. The molecule has 44 heavy (non-hydrogen) atoms. The van der Waals surface area contributed by atoms with Crippen molar-refractivity contribution < 1.29 is 9.84 Å². The second kappa shape index (κ2) is 11.7. The van der Waals surface area contributed by atoms with Gasteiger partial charge in [0.25, 0.3) is 0 Å². The van der Waals surface area contributed by atoms with E-state index in [0.29, 0.717) is 19.2 Å². The molecule has 1 N–H and O–H groups in total. The summed E-state index contributed by atoms with van der Waals surface area (Å²) in [4.78, 5) is 21.7. The molecule has 2 aromatic heterocycles. The van der Waals surface area contributed by atoms with Gasteiger partial charge in [-0.3, -0.25) is 0 Å². The maximum Gasteiger partial charge on any atom is 0.318 e. The van der Waals surface area contributed by atoms with Crippen LogP contribution in [0.2, 0.25) is 0 Å². The molecule has 3 aliphatic rings. The fourth-order valence-corrected chi connectivity index (χ4v) is 7.58. The number of rotatable bonds is 10. The molecule has 1 saturated carbocycles. The van der Waals surface area contributed by atoms with Gasteiger partial charge in [0.1, 0.15) is 5.82 Å². The standard InChI is InChI=1S/C35H45N7O2/c1-5-24-8-6-9-25-10-7-11-30(32(24)25)41-15-12-27-29(19-41)37-34(44-22-35(13-14-35)21-39(2)3)38-33(27)42-17-26(20-43)28(18-42)31-16-36-23-40(31)4/h6-11,16,23,26,28,43H,5,12-15,17-22H2,1-4H3. The van der Waals surface area contributed by atoms with E-state index in [0.717, 1.165) is 56.2 Å². The summed E-state index contributed by atoms with van der Waals surface area (Å²) < 4.78 is 8.54. The van der Waals surface area contributed by atoms with Gasteiger partial charge < -0.3 is 29.1 Å². The van der Waals surface area contributed by atoms with Crippen molar-refractivity contribution in [1.29, 1.82) is 0 Å². The smallest absolute Gasteiger partial charge is 0.318 e. The average Bonchev–Trinajstić information content (AvgIpc) is 3.43. The Bertz CT molecular complexity index is 1640. The highest BCUT2D eigenvalue weighted by Gasteiger charge is 2.44. The molecule has 1 aliphatic carbocycles. The zero-order chi connectivity index (χ0) is 30.4. The Morgan fingerprint density at radius 3 is 2.59 bits per heavy atom. The maximum absolute atomic E-state index is 10.4. The van der Waals surface area contributed by atoms with Gasteiger partial charge in [-0.2, -0.15) is 9.97 Å². The maximum atomic E-state index is 10.4. The van der Waals surface area contributed by atoms with Crippen molar-refractivity contribution in [2.45, 2.75) is 45.1 Å². The van der Waals surface area contributed by atoms with Gasteiger partial charge in [0.2, 0.25) is 0 Å². The molecule has 232 valence electrons. The molecule has 2 aromatic carbocycles. The third kappa shape index (κ3) is 5.41. The number of fused-ring (bicyclic) bond motifs is 2. The second-order valence-corrected chi connectivity index (χ2v) is 13.5. The van der Waals surface area contributed by atoms with Crippen molar-refractivity contribution in [3.63, 3.8) is 0 Å². The number of aliphatic hydroxyl groups is 1. The first-order valence-electron chi connectivity index (χ1n) is 16.1. The summed E-state index contributed by atoms with van der Waals surface area (Å²) in [6.45, 7) is 7.14. The first kappa shape index (κ1) is 29.0. The number of hydrogen-bond acceptors (Lipinski definition) is 8. The summed E-state index contributed by atoms with van der Waals surface area (Å²) in [5.41, 5.74) is 6.24. The predicted molar refractivity (Wildman–Crippen MR) is 175 cm³/mol. The Morgan fingerprint density at radius 1 is 1.07 bits per heavy atom. The molecule has 2 aliphatic heterocycles. The zero-order valence-electron chi connectivity index (χ0n) is 26.5. The van der Waals surface area contributed by atoms with Crippen LogP contribution in [0.15, 0.2) is 48.9 Å². The number of anilines is 2. The fourth-order valence-electron chi connectivity index (χ4n) is 7.58. The van der Waals surface area contributed by atoms with Crippen LogP contribution in [-0.2, 0) is 26.4 Å². The topological polar surface area (TPSA) is 82.8 Å². The zero-order valence-corrected chi connectivity index (χ0v) is 26.5. The minimum Gasteiger partial charge on any atom is -0.463 e. The van der Waals surface area contributed by atoms with Gasteiger partial charge in [0.15, 0.2) is 0 Å². The van der Waals surface area contributed by atoms with Gasteiger partial charge in [0, 0.05) is 85.6 Å². The Morgan fingerprint density at radius 2 is 1.89 bits per heavy atom. The molecule has 0 bridgehead atoms. The molecule has 4 heterocycles. The molecule has 1 saturated heterocycles. The lowest BCUT2D eigenvalue weighted by Crippen LogP contribution is -2.34. The summed E-state index contributed by atoms with van der Waals surface area (Å²) >= 11 is 0. The quantitative estimate of drug-likeness (QED) is 0.289. The molecular formula is C35H45N7O2. The number of hydrogen-bond donors (Lipinski definition) is 1. The van der Waals surface area contributed by atoms with E-state index >= 15 is 0 Å². The number of aliphatic hydroxyl groups excluding tert-OH is 1. The predicted octanol–water partition coefficient (Wildman–Crippen LogP) is 4.42. The number of ether oxygens (including phenoxy) is 1. The molecule has 9 nitrogen and oxygen atoms in total. The number of imidazole rings is 1. The lowest BCUT2D eigenvalue weighted by atomic mass is 9.94. The summed E-state index contributed by atoms with van der Waals surface area (Å²) in [5, 5.41) is 13.0. The minimum absolute atomic E-state index is 0.110. The fraction of sp³-hybridized carbons (Fsp3) is 0.514. The van der Waals surface area contributed by atoms with Crippen LogP contribution in [-0.4, -0.2) is 83.0 Å². The number of nitrogens with zero attached hydrogens (tertiary/aromatic N) is 7. The Balaban J connectivity index is 1.24. The van der Waals surface area contributed by atoms with Crippen LogP contribution in [0.4, 0.5) is 11.5 Å². The van der Waals surface area contributed by atoms with E-state index in [1.54, 1.807) is 0 Å². The highest BCUT2D eigenvalue weighted by molar-refractivity contribution is 5.97. The van der Waals surface area contributed by atoms with Crippen LogP contribution in [0.5, 0.6) is 6.01 Å². The third-order valence-corrected chi connectivity index (χ3v) is 10.0. The Kier molecular flexibility index (Phi) is 7.70. The van der Waals surface area contributed by atoms with Gasteiger partial charge >= 0.3 is 6.01 Å². The molecule has 2 fully saturated rings. The molecule has 0 amide bonds. The van der Waals surface area contributed by atoms with Crippen LogP contribution < -0.4 is 14.5 Å². The van der Waals surface area contributed by atoms with Crippen molar-refractivity contribution in [3.8, 4) is 6.01 Å². The van der Waals surface area contributed by atoms with Crippen LogP contribution in [0.3, 0.4) is 0 Å². The molecule has 0 radical (unpaired) electrons. The van der Waals surface area contributed by atoms with Crippen LogP contribution in [0.25, 0.3) is 10.8 Å². The third-order valence-electron chi connectivity index (χ3n) is 10.0. The summed E-state index contributed by atoms with van der Waals surface area (Å²) in [6, 6.07) is 13.7. The van der Waals surface area contributed by atoms with Gasteiger partial charge in [-0.1, -0.05) is 37.3 Å². The van der Waals surface area contributed by atoms with Crippen molar-refractivity contribution in [1.82, 2.24) is 24.4 Å². The molecule has 2 atom stereocenters. The van der Waals surface area contributed by atoms with E-state index in [9.17, 15) is 5.11 Å². The first-order chi connectivity index (χ1) is 21.4. The van der Waals surface area contributed by atoms with E-state index in [4.69, 9.17) is 14.7 Å². The lowest BCUT2D eigenvalue weighted by molar-refractivity contribution is 0.182. The molecule has 4 aromatic rings. The van der Waals surface area contributed by atoms with Crippen LogP contribution >= 0.6 is 0 Å². The lowest BCUT2D eigenvalue weighted by Gasteiger charge is -2.34. The summed E-state index contributed by atoms with van der Waals surface area (Å²) in [6.07, 6.45) is 7.99. The van der Waals surface area contributed by atoms with E-state index in [2.05, 4.69) is 81.7 Å². The van der Waals surface area contributed by atoms with E-state index < -0.39 is 0 Å². The van der Waals surface area contributed by atoms with E-state index in [-0.39, 0.29) is 23.9 Å². The molecular weight excluding hydrogens is 550 g/mol. The van der Waals surface area contributed by atoms with Crippen LogP contribution in [0.1, 0.15) is 48.2 Å². The van der Waals surface area contributed by atoms with Gasteiger partial charge in [-0.05, 0) is 56.8 Å². The van der Waals surface area contributed by atoms with E-state index in [1.807, 2.05) is 19.6 Å². The number of aromatic nitrogens is 4. The monoisotopic (exact) mass is 595 g/mol. The molecule has 9 heteroatoms. The number of aryl methyl sites for hydroxylation is 2. The highest BCUT2D eigenvalue weighted by atomic mass is 16.5. The highest BCUT2D eigenvalue weighted by Crippen LogP contribution is 2.46.